The molecule has 1 fully saturated rings. The Morgan fingerprint density at radius 2 is 1.85 bits per heavy atom. The maximum absolute atomic E-state index is 14.0. The molecule has 0 saturated carbocycles. The molecular weight excluding hydrogens is 557 g/mol. The van der Waals surface area contributed by atoms with Gasteiger partial charge in [0.25, 0.3) is 0 Å². The van der Waals surface area contributed by atoms with Gasteiger partial charge in [-0.25, -0.2) is 0 Å². The highest BCUT2D eigenvalue weighted by molar-refractivity contribution is 6.31. The van der Waals surface area contributed by atoms with E-state index in [0.29, 0.717) is 49.1 Å². The summed E-state index contributed by atoms with van der Waals surface area (Å²) in [5.41, 5.74) is 0.489. The number of piperidine rings is 1. The molecule has 2 amide bonds. The van der Waals surface area contributed by atoms with E-state index in [0.717, 1.165) is 12.1 Å². The molecule has 0 spiro atoms. The van der Waals surface area contributed by atoms with Crippen molar-refractivity contribution in [2.75, 3.05) is 26.2 Å². The summed E-state index contributed by atoms with van der Waals surface area (Å²) in [6.07, 6.45) is 1.79. The number of alkyl halides is 3. The van der Waals surface area contributed by atoms with Crippen molar-refractivity contribution in [3.63, 3.8) is 0 Å². The van der Waals surface area contributed by atoms with Gasteiger partial charge in [0.05, 0.1) is 18.0 Å². The van der Waals surface area contributed by atoms with Gasteiger partial charge in [-0.15, -0.1) is 0 Å². The smallest absolute Gasteiger partial charge is 0.416 e. The number of amides is 2. The first-order chi connectivity index (χ1) is 19.3. The molecule has 1 N–H and O–H groups in total. The Morgan fingerprint density at radius 3 is 2.39 bits per heavy atom. The van der Waals surface area contributed by atoms with Gasteiger partial charge in [0.2, 0.25) is 11.8 Å². The van der Waals surface area contributed by atoms with Crippen LogP contribution in [0.25, 0.3) is 0 Å². The number of rotatable bonds is 9. The van der Waals surface area contributed by atoms with Crippen LogP contribution in [-0.4, -0.2) is 58.9 Å². The maximum atomic E-state index is 14.0. The molecule has 1 saturated heterocycles. The molecule has 1 aromatic carbocycles. The quantitative estimate of drug-likeness (QED) is 0.322. The molecule has 0 aliphatic carbocycles. The summed E-state index contributed by atoms with van der Waals surface area (Å²) in [6, 6.07) is 3.49. The van der Waals surface area contributed by atoms with Gasteiger partial charge in [-0.1, -0.05) is 50.2 Å². The van der Waals surface area contributed by atoms with Crippen molar-refractivity contribution >= 4 is 29.4 Å². The van der Waals surface area contributed by atoms with E-state index in [1.54, 1.807) is 24.0 Å². The van der Waals surface area contributed by atoms with E-state index in [4.69, 9.17) is 16.7 Å². The zero-order valence-electron chi connectivity index (χ0n) is 23.7. The number of hydrogen-bond donors (Lipinski definition) is 1. The average molecular weight is 595 g/mol. The van der Waals surface area contributed by atoms with Gasteiger partial charge in [0.1, 0.15) is 0 Å². The molecule has 2 aliphatic rings. The Kier molecular flexibility index (Phi) is 10.9. The van der Waals surface area contributed by atoms with Gasteiger partial charge in [-0.2, -0.15) is 13.2 Å². The molecule has 2 unspecified atom stereocenters. The zero-order chi connectivity index (χ0) is 30.5. The van der Waals surface area contributed by atoms with Gasteiger partial charge in [-0.05, 0) is 72.9 Å². The van der Waals surface area contributed by atoms with E-state index in [9.17, 15) is 27.6 Å². The van der Waals surface area contributed by atoms with Crippen molar-refractivity contribution in [3.8, 4) is 0 Å². The summed E-state index contributed by atoms with van der Waals surface area (Å²) in [5.74, 6) is -2.91. The van der Waals surface area contributed by atoms with Crippen molar-refractivity contribution in [1.29, 1.82) is 0 Å². The SMILES string of the molecule is C=C/C(=C(Cl)\C=C/C)C1CN(CC(=O)N2CCC(CC(=O)O)CC2)C(=O)C(CC(C)C)c2ccc(C(F)(F)F)cc21. The third-order valence-corrected chi connectivity index (χ3v) is 8.17. The highest BCUT2D eigenvalue weighted by atomic mass is 35.5. The standard InChI is InChI=1S/C31H38ClF3N2O4/c1-5-7-27(32)22(6-2)26-17-37(18-28(38)36-12-10-20(11-13-36)15-29(39)40)30(41)25(14-19(3)4)23-9-8-21(16-24(23)26)31(33,34)35/h5-9,16,19-20,25-26H,2,10-15,17-18H2,1,3-4H3,(H,39,40)/b7-5-,27-22-. The van der Waals surface area contributed by atoms with E-state index in [1.165, 1.54) is 17.0 Å². The molecule has 3 rings (SSSR count). The van der Waals surface area contributed by atoms with Crippen molar-refractivity contribution in [2.24, 2.45) is 11.8 Å². The van der Waals surface area contributed by atoms with Crippen LogP contribution in [0, 0.1) is 11.8 Å². The third-order valence-electron chi connectivity index (χ3n) is 7.83. The second kappa shape index (κ2) is 13.7. The van der Waals surface area contributed by atoms with E-state index < -0.39 is 29.5 Å². The number of nitrogens with zero attached hydrogens (tertiary/aromatic N) is 2. The van der Waals surface area contributed by atoms with Crippen LogP contribution in [0.4, 0.5) is 13.2 Å². The number of carboxylic acids is 1. The van der Waals surface area contributed by atoms with E-state index in [2.05, 4.69) is 6.58 Å². The molecule has 6 nitrogen and oxygen atoms in total. The van der Waals surface area contributed by atoms with Gasteiger partial charge >= 0.3 is 12.1 Å². The Balaban J connectivity index is 2.06. The number of carbonyl (C=O) groups excluding carboxylic acids is 2. The van der Waals surface area contributed by atoms with Crippen LogP contribution >= 0.6 is 11.6 Å². The van der Waals surface area contributed by atoms with E-state index in [1.807, 2.05) is 13.8 Å². The number of aliphatic carboxylic acids is 1. The number of carbonyl (C=O) groups is 3. The highest BCUT2D eigenvalue weighted by Gasteiger charge is 2.40. The summed E-state index contributed by atoms with van der Waals surface area (Å²) in [4.78, 5) is 41.6. The van der Waals surface area contributed by atoms with Crippen LogP contribution in [0.3, 0.4) is 0 Å². The molecule has 10 heteroatoms. The van der Waals surface area contributed by atoms with E-state index >= 15 is 0 Å². The molecule has 0 bridgehead atoms. The Labute approximate surface area is 244 Å². The molecule has 2 aliphatic heterocycles. The number of fused-ring (bicyclic) bond motifs is 1. The fourth-order valence-corrected chi connectivity index (χ4v) is 6.12. The number of carboxylic acid groups (broad SMARTS) is 1. The number of benzene rings is 1. The molecular formula is C31H38ClF3N2O4. The lowest BCUT2D eigenvalue weighted by atomic mass is 9.81. The first-order valence-corrected chi connectivity index (χ1v) is 14.3. The van der Waals surface area contributed by atoms with Crippen LogP contribution in [-0.2, 0) is 20.6 Å². The van der Waals surface area contributed by atoms with Gasteiger partial charge < -0.3 is 14.9 Å². The Hall–Kier alpha value is -3.07. The molecule has 2 atom stereocenters. The van der Waals surface area contributed by atoms with Crippen LogP contribution in [0.1, 0.15) is 75.0 Å². The second-order valence-electron chi connectivity index (χ2n) is 11.2. The second-order valence-corrected chi connectivity index (χ2v) is 11.6. The lowest BCUT2D eigenvalue weighted by Crippen LogP contribution is -2.47. The largest absolute Gasteiger partial charge is 0.481 e. The minimum Gasteiger partial charge on any atom is -0.481 e. The minimum atomic E-state index is -4.59. The molecule has 1 aromatic rings. The van der Waals surface area contributed by atoms with Crippen LogP contribution in [0.5, 0.6) is 0 Å². The van der Waals surface area contributed by atoms with Crippen molar-refractivity contribution < 1.29 is 32.7 Å². The predicted octanol–water partition coefficient (Wildman–Crippen LogP) is 6.73. The highest BCUT2D eigenvalue weighted by Crippen LogP contribution is 2.43. The third kappa shape index (κ3) is 8.03. The number of halogens is 4. The lowest BCUT2D eigenvalue weighted by Gasteiger charge is -2.34. The summed E-state index contributed by atoms with van der Waals surface area (Å²) in [6.45, 7) is 10.0. The van der Waals surface area contributed by atoms with Gasteiger partial charge in [0, 0.05) is 37.0 Å². The zero-order valence-corrected chi connectivity index (χ0v) is 24.5. The fourth-order valence-electron chi connectivity index (χ4n) is 5.79. The predicted molar refractivity (Wildman–Crippen MR) is 152 cm³/mol. The molecule has 0 aromatic heterocycles. The topological polar surface area (TPSA) is 77.9 Å². The van der Waals surface area contributed by atoms with Gasteiger partial charge in [0.15, 0.2) is 0 Å². The summed E-state index contributed by atoms with van der Waals surface area (Å²) >= 11 is 6.59. The first-order valence-electron chi connectivity index (χ1n) is 13.9. The molecule has 41 heavy (non-hydrogen) atoms. The lowest BCUT2D eigenvalue weighted by molar-refractivity contribution is -0.143. The van der Waals surface area contributed by atoms with Crippen LogP contribution in [0.15, 0.2) is 53.6 Å². The Bertz CT molecular complexity index is 1220. The van der Waals surface area contributed by atoms with Crippen molar-refractivity contribution in [3.05, 3.63) is 70.3 Å². The number of allylic oxidation sites excluding steroid dienone is 4. The monoisotopic (exact) mass is 594 g/mol. The first kappa shape index (κ1) is 32.4. The van der Waals surface area contributed by atoms with Crippen molar-refractivity contribution in [2.45, 2.75) is 64.5 Å². The van der Waals surface area contributed by atoms with Gasteiger partial charge in [-0.3, -0.25) is 14.4 Å². The molecule has 0 radical (unpaired) electrons. The summed E-state index contributed by atoms with van der Waals surface area (Å²) < 4.78 is 41.6. The van der Waals surface area contributed by atoms with Crippen LogP contribution in [0.2, 0.25) is 0 Å². The van der Waals surface area contributed by atoms with Crippen LogP contribution < -0.4 is 0 Å². The minimum absolute atomic E-state index is 0.0115. The van der Waals surface area contributed by atoms with E-state index in [-0.39, 0.29) is 48.2 Å². The normalized spacial score (nSPS) is 21.1. The van der Waals surface area contributed by atoms with Crippen molar-refractivity contribution in [1.82, 2.24) is 9.80 Å². The Morgan fingerprint density at radius 1 is 1.20 bits per heavy atom. The molecule has 224 valence electrons. The molecule has 2 heterocycles. The number of hydrogen-bond acceptors (Lipinski definition) is 3. The summed E-state index contributed by atoms with van der Waals surface area (Å²) in [7, 11) is 0. The number of likely N-dealkylation sites (tertiary alicyclic amines) is 1. The average Bonchev–Trinajstić information content (AvgIpc) is 2.99. The fraction of sp³-hybridized carbons (Fsp3) is 0.516. The summed E-state index contributed by atoms with van der Waals surface area (Å²) in [5, 5.41) is 9.38. The maximum Gasteiger partial charge on any atom is 0.416 e.